The number of nitrogens with one attached hydrogen (secondary N) is 2. The summed E-state index contributed by atoms with van der Waals surface area (Å²) >= 11 is 0. The molecule has 6 heteroatoms. The number of ether oxygens (including phenoxy) is 1. The molecular weight excluding hydrogens is 368 g/mol. The summed E-state index contributed by atoms with van der Waals surface area (Å²) in [6.45, 7) is 1.95. The van der Waals surface area contributed by atoms with E-state index in [0.29, 0.717) is 17.8 Å². The van der Waals surface area contributed by atoms with Crippen LogP contribution in [0.15, 0.2) is 66.7 Å². The summed E-state index contributed by atoms with van der Waals surface area (Å²) in [5.74, 6) is -1.16. The fraction of sp³-hybridized carbons (Fsp3) is 0.174. The Morgan fingerprint density at radius 3 is 2.48 bits per heavy atom. The van der Waals surface area contributed by atoms with Crippen LogP contribution in [0.4, 0.5) is 5.69 Å². The molecule has 29 heavy (non-hydrogen) atoms. The molecule has 0 aromatic heterocycles. The molecule has 0 heterocycles. The van der Waals surface area contributed by atoms with Crippen LogP contribution in [0.1, 0.15) is 22.8 Å². The summed E-state index contributed by atoms with van der Waals surface area (Å²) in [6.07, 6.45) is 0.0881. The second-order valence-corrected chi connectivity index (χ2v) is 6.51. The second-order valence-electron chi connectivity index (χ2n) is 6.51. The minimum atomic E-state index is -0.480. The van der Waals surface area contributed by atoms with E-state index in [4.69, 9.17) is 4.74 Å². The van der Waals surface area contributed by atoms with Crippen molar-refractivity contribution in [3.8, 4) is 0 Å². The van der Waals surface area contributed by atoms with Crippen molar-refractivity contribution in [3.05, 3.63) is 77.9 Å². The average molecular weight is 390 g/mol. The first-order valence-corrected chi connectivity index (χ1v) is 9.36. The van der Waals surface area contributed by atoms with E-state index in [2.05, 4.69) is 10.6 Å². The van der Waals surface area contributed by atoms with Crippen LogP contribution in [0.3, 0.4) is 0 Å². The van der Waals surface area contributed by atoms with E-state index in [1.807, 2.05) is 49.4 Å². The molecule has 0 bridgehead atoms. The van der Waals surface area contributed by atoms with Gasteiger partial charge in [-0.2, -0.15) is 0 Å². The normalized spacial score (nSPS) is 10.4. The van der Waals surface area contributed by atoms with Crippen molar-refractivity contribution in [2.45, 2.75) is 13.3 Å². The quantitative estimate of drug-likeness (QED) is 0.606. The molecule has 0 saturated heterocycles. The van der Waals surface area contributed by atoms with Crippen molar-refractivity contribution in [1.82, 2.24) is 5.32 Å². The largest absolute Gasteiger partial charge is 0.455 e. The van der Waals surface area contributed by atoms with Crippen LogP contribution >= 0.6 is 0 Å². The van der Waals surface area contributed by atoms with Crippen LogP contribution in [0.25, 0.3) is 10.8 Å². The first kappa shape index (κ1) is 20.1. The summed E-state index contributed by atoms with van der Waals surface area (Å²) in [6, 6.07) is 20.2. The Morgan fingerprint density at radius 1 is 0.897 bits per heavy atom. The van der Waals surface area contributed by atoms with Crippen LogP contribution in [0.2, 0.25) is 0 Å². The van der Waals surface area contributed by atoms with Gasteiger partial charge in [0.05, 0.1) is 6.42 Å². The predicted molar refractivity (Wildman–Crippen MR) is 112 cm³/mol. The molecule has 0 atom stereocenters. The van der Waals surface area contributed by atoms with E-state index < -0.39 is 18.5 Å². The molecule has 3 aromatic carbocycles. The molecule has 0 radical (unpaired) electrons. The third-order valence-electron chi connectivity index (χ3n) is 4.27. The van der Waals surface area contributed by atoms with Crippen LogP contribution < -0.4 is 10.6 Å². The Kier molecular flexibility index (Phi) is 6.58. The van der Waals surface area contributed by atoms with E-state index in [-0.39, 0.29) is 12.3 Å². The van der Waals surface area contributed by atoms with Gasteiger partial charge < -0.3 is 15.4 Å². The Morgan fingerprint density at radius 2 is 1.69 bits per heavy atom. The van der Waals surface area contributed by atoms with E-state index in [9.17, 15) is 14.4 Å². The number of benzene rings is 3. The van der Waals surface area contributed by atoms with E-state index in [1.165, 1.54) is 0 Å². The minimum absolute atomic E-state index is 0.0881. The van der Waals surface area contributed by atoms with Crippen LogP contribution in [0, 0.1) is 0 Å². The van der Waals surface area contributed by atoms with Gasteiger partial charge in [0, 0.05) is 17.8 Å². The molecule has 2 N–H and O–H groups in total. The van der Waals surface area contributed by atoms with Crippen molar-refractivity contribution in [3.63, 3.8) is 0 Å². The number of hydrogen-bond donors (Lipinski definition) is 2. The molecule has 3 rings (SSSR count). The van der Waals surface area contributed by atoms with E-state index in [0.717, 1.165) is 16.3 Å². The Balaban J connectivity index is 1.51. The zero-order chi connectivity index (χ0) is 20.6. The lowest BCUT2D eigenvalue weighted by molar-refractivity contribution is -0.146. The Bertz CT molecular complexity index is 1050. The number of fused-ring (bicyclic) bond motifs is 1. The van der Waals surface area contributed by atoms with Gasteiger partial charge in [-0.25, -0.2) is 0 Å². The van der Waals surface area contributed by atoms with Crippen molar-refractivity contribution in [2.24, 2.45) is 0 Å². The first-order valence-electron chi connectivity index (χ1n) is 9.36. The summed E-state index contributed by atoms with van der Waals surface area (Å²) in [5, 5.41) is 7.46. The first-order chi connectivity index (χ1) is 14.0. The molecule has 0 unspecified atom stereocenters. The minimum Gasteiger partial charge on any atom is -0.455 e. The fourth-order valence-corrected chi connectivity index (χ4v) is 2.91. The molecular formula is C23H22N2O4. The predicted octanol–water partition coefficient (Wildman–Crippen LogP) is 3.31. The third-order valence-corrected chi connectivity index (χ3v) is 4.27. The van der Waals surface area contributed by atoms with E-state index >= 15 is 0 Å². The highest BCUT2D eigenvalue weighted by Crippen LogP contribution is 2.16. The fourth-order valence-electron chi connectivity index (χ4n) is 2.91. The maximum absolute atomic E-state index is 12.1. The van der Waals surface area contributed by atoms with Gasteiger partial charge in [-0.05, 0) is 41.5 Å². The standard InChI is InChI=1S/C23H22N2O4/c1-2-24-23(28)19-8-5-9-20(14-19)25-21(26)15-29-22(27)13-16-10-11-17-6-3-4-7-18(17)12-16/h3-12,14H,2,13,15H2,1H3,(H,24,28)(H,25,26). The molecule has 0 aliphatic heterocycles. The molecule has 2 amide bonds. The zero-order valence-electron chi connectivity index (χ0n) is 16.1. The lowest BCUT2D eigenvalue weighted by atomic mass is 10.1. The van der Waals surface area contributed by atoms with Gasteiger partial charge >= 0.3 is 5.97 Å². The number of rotatable bonds is 7. The number of anilines is 1. The third kappa shape index (κ3) is 5.65. The molecule has 0 fully saturated rings. The van der Waals surface area contributed by atoms with Crippen molar-refractivity contribution < 1.29 is 19.1 Å². The monoisotopic (exact) mass is 390 g/mol. The maximum Gasteiger partial charge on any atom is 0.310 e. The Labute approximate surface area is 168 Å². The van der Waals surface area contributed by atoms with Gasteiger partial charge in [0.15, 0.2) is 6.61 Å². The number of esters is 1. The van der Waals surface area contributed by atoms with Crippen molar-refractivity contribution in [2.75, 3.05) is 18.5 Å². The summed E-state index contributed by atoms with van der Waals surface area (Å²) in [7, 11) is 0. The van der Waals surface area contributed by atoms with Gasteiger partial charge in [-0.15, -0.1) is 0 Å². The highest BCUT2D eigenvalue weighted by molar-refractivity contribution is 5.97. The molecule has 0 saturated carbocycles. The Hall–Kier alpha value is -3.67. The second kappa shape index (κ2) is 9.50. The highest BCUT2D eigenvalue weighted by Gasteiger charge is 2.11. The number of amides is 2. The van der Waals surface area contributed by atoms with Gasteiger partial charge in [-0.1, -0.05) is 48.5 Å². The average Bonchev–Trinajstić information content (AvgIpc) is 2.72. The van der Waals surface area contributed by atoms with Crippen molar-refractivity contribution in [1.29, 1.82) is 0 Å². The molecule has 6 nitrogen and oxygen atoms in total. The SMILES string of the molecule is CCNC(=O)c1cccc(NC(=O)COC(=O)Cc2ccc3ccccc3c2)c1. The lowest BCUT2D eigenvalue weighted by Crippen LogP contribution is -2.24. The van der Waals surface area contributed by atoms with Crippen LogP contribution in [-0.2, 0) is 20.7 Å². The summed E-state index contributed by atoms with van der Waals surface area (Å²) in [4.78, 5) is 36.0. The number of carbonyl (C=O) groups is 3. The highest BCUT2D eigenvalue weighted by atomic mass is 16.5. The molecule has 148 valence electrons. The van der Waals surface area contributed by atoms with Gasteiger partial charge in [0.2, 0.25) is 0 Å². The smallest absolute Gasteiger partial charge is 0.310 e. The molecule has 0 aliphatic carbocycles. The van der Waals surface area contributed by atoms with E-state index in [1.54, 1.807) is 24.3 Å². The van der Waals surface area contributed by atoms with Crippen molar-refractivity contribution >= 4 is 34.2 Å². The number of carbonyl (C=O) groups excluding carboxylic acids is 3. The molecule has 3 aromatic rings. The lowest BCUT2D eigenvalue weighted by Gasteiger charge is -2.09. The summed E-state index contributed by atoms with van der Waals surface area (Å²) < 4.78 is 5.08. The van der Waals surface area contributed by atoms with Crippen LogP contribution in [-0.4, -0.2) is 30.9 Å². The zero-order valence-corrected chi connectivity index (χ0v) is 16.1. The molecule has 0 spiro atoms. The van der Waals surface area contributed by atoms with Gasteiger partial charge in [0.1, 0.15) is 0 Å². The van der Waals surface area contributed by atoms with Crippen LogP contribution in [0.5, 0.6) is 0 Å². The van der Waals surface area contributed by atoms with Gasteiger partial charge in [0.25, 0.3) is 11.8 Å². The molecule has 0 aliphatic rings. The topological polar surface area (TPSA) is 84.5 Å². The summed E-state index contributed by atoms with van der Waals surface area (Å²) in [5.41, 5.74) is 1.73. The number of hydrogen-bond acceptors (Lipinski definition) is 4. The van der Waals surface area contributed by atoms with Gasteiger partial charge in [-0.3, -0.25) is 14.4 Å². The maximum atomic E-state index is 12.1.